The maximum atomic E-state index is 6.55. The first-order valence-corrected chi connectivity index (χ1v) is 10.3. The Morgan fingerprint density at radius 1 is 0.931 bits per heavy atom. The number of halogens is 1. The van der Waals surface area contributed by atoms with Crippen molar-refractivity contribution >= 4 is 23.0 Å². The van der Waals surface area contributed by atoms with E-state index in [0.717, 1.165) is 59.6 Å². The molecule has 3 aromatic rings. The molecule has 1 aliphatic heterocycles. The van der Waals surface area contributed by atoms with E-state index >= 15 is 0 Å². The Labute approximate surface area is 177 Å². The van der Waals surface area contributed by atoms with Crippen LogP contribution in [-0.2, 0) is 17.9 Å². The lowest BCUT2D eigenvalue weighted by Crippen LogP contribution is -2.36. The van der Waals surface area contributed by atoms with Crippen LogP contribution >= 0.6 is 11.6 Å². The molecule has 1 heterocycles. The molecule has 0 saturated carbocycles. The molecule has 0 amide bonds. The van der Waals surface area contributed by atoms with E-state index in [9.17, 15) is 0 Å². The summed E-state index contributed by atoms with van der Waals surface area (Å²) in [6, 6.07) is 24.4. The second-order valence-electron chi connectivity index (χ2n) is 7.00. The monoisotopic (exact) mass is 408 g/mol. The van der Waals surface area contributed by atoms with E-state index in [-0.39, 0.29) is 0 Å². The largest absolute Gasteiger partial charge is 0.489 e. The predicted molar refractivity (Wildman–Crippen MR) is 119 cm³/mol. The van der Waals surface area contributed by atoms with Gasteiger partial charge in [0.25, 0.3) is 0 Å². The Balaban J connectivity index is 1.39. The summed E-state index contributed by atoms with van der Waals surface area (Å²) < 4.78 is 11.5. The highest BCUT2D eigenvalue weighted by Gasteiger charge is 2.14. The Morgan fingerprint density at radius 2 is 1.69 bits per heavy atom. The van der Waals surface area contributed by atoms with Crippen molar-refractivity contribution in [3.05, 3.63) is 88.9 Å². The van der Waals surface area contributed by atoms with Crippen molar-refractivity contribution in [2.45, 2.75) is 13.2 Å². The molecular formula is C24H25ClN2O2. The fourth-order valence-corrected chi connectivity index (χ4v) is 3.70. The van der Waals surface area contributed by atoms with Gasteiger partial charge in [0.1, 0.15) is 12.4 Å². The molecule has 1 aliphatic rings. The Morgan fingerprint density at radius 3 is 2.48 bits per heavy atom. The van der Waals surface area contributed by atoms with E-state index < -0.39 is 0 Å². The van der Waals surface area contributed by atoms with Gasteiger partial charge in [-0.2, -0.15) is 0 Å². The molecule has 4 nitrogen and oxygen atoms in total. The highest BCUT2D eigenvalue weighted by Crippen LogP contribution is 2.30. The number of anilines is 2. The van der Waals surface area contributed by atoms with Gasteiger partial charge < -0.3 is 19.7 Å². The van der Waals surface area contributed by atoms with Crippen LogP contribution in [0.15, 0.2) is 72.8 Å². The van der Waals surface area contributed by atoms with Crippen molar-refractivity contribution in [1.82, 2.24) is 0 Å². The van der Waals surface area contributed by atoms with Crippen molar-refractivity contribution in [2.24, 2.45) is 0 Å². The Kier molecular flexibility index (Phi) is 6.55. The molecular weight excluding hydrogens is 384 g/mol. The van der Waals surface area contributed by atoms with Crippen molar-refractivity contribution in [2.75, 3.05) is 36.5 Å². The number of nitrogens with zero attached hydrogens (tertiary/aromatic N) is 1. The van der Waals surface area contributed by atoms with E-state index in [4.69, 9.17) is 21.1 Å². The fraction of sp³-hybridized carbons (Fsp3) is 0.250. The molecule has 0 aromatic heterocycles. The minimum atomic E-state index is 0.553. The first kappa shape index (κ1) is 19.6. The van der Waals surface area contributed by atoms with E-state index in [1.165, 1.54) is 0 Å². The molecule has 5 heteroatoms. The molecule has 4 rings (SSSR count). The number of morpholine rings is 1. The summed E-state index contributed by atoms with van der Waals surface area (Å²) in [6.45, 7) is 4.46. The molecule has 0 bridgehead atoms. The van der Waals surface area contributed by atoms with Gasteiger partial charge in [0.15, 0.2) is 0 Å². The van der Waals surface area contributed by atoms with E-state index in [2.05, 4.69) is 40.5 Å². The minimum absolute atomic E-state index is 0.553. The van der Waals surface area contributed by atoms with Crippen LogP contribution in [0.25, 0.3) is 0 Å². The third-order valence-corrected chi connectivity index (χ3v) is 5.29. The highest BCUT2D eigenvalue weighted by molar-refractivity contribution is 6.33. The van der Waals surface area contributed by atoms with Gasteiger partial charge in [-0.15, -0.1) is 0 Å². The zero-order valence-corrected chi connectivity index (χ0v) is 17.1. The lowest BCUT2D eigenvalue weighted by atomic mass is 10.2. The standard InChI is InChI=1S/C24H25ClN2O2/c25-22-16-21(10-11-23(22)27-12-14-28-15-13-27)26-17-20-8-4-5-9-24(20)29-18-19-6-2-1-3-7-19/h1-11,16,26H,12-15,17-18H2. The fourth-order valence-electron chi connectivity index (χ4n) is 3.40. The zero-order valence-electron chi connectivity index (χ0n) is 16.3. The lowest BCUT2D eigenvalue weighted by molar-refractivity contribution is 0.122. The molecule has 0 unspecified atom stereocenters. The number of hydrogen-bond acceptors (Lipinski definition) is 4. The Hall–Kier alpha value is -2.69. The lowest BCUT2D eigenvalue weighted by Gasteiger charge is -2.29. The van der Waals surface area contributed by atoms with Crippen LogP contribution in [0.1, 0.15) is 11.1 Å². The number of para-hydroxylation sites is 1. The van der Waals surface area contributed by atoms with Crippen molar-refractivity contribution in [3.8, 4) is 5.75 Å². The second kappa shape index (κ2) is 9.68. The molecule has 29 heavy (non-hydrogen) atoms. The summed E-state index contributed by atoms with van der Waals surface area (Å²) >= 11 is 6.55. The SMILES string of the molecule is Clc1cc(NCc2ccccc2OCc2ccccc2)ccc1N1CCOCC1. The van der Waals surface area contributed by atoms with Crippen LogP contribution in [-0.4, -0.2) is 26.3 Å². The van der Waals surface area contributed by atoms with Crippen LogP contribution in [0.3, 0.4) is 0 Å². The van der Waals surface area contributed by atoms with Crippen molar-refractivity contribution in [3.63, 3.8) is 0 Å². The van der Waals surface area contributed by atoms with E-state index in [0.29, 0.717) is 13.2 Å². The predicted octanol–water partition coefficient (Wildman–Crippen LogP) is 5.37. The summed E-state index contributed by atoms with van der Waals surface area (Å²) in [5, 5.41) is 4.22. The number of rotatable bonds is 7. The average molecular weight is 409 g/mol. The maximum Gasteiger partial charge on any atom is 0.124 e. The van der Waals surface area contributed by atoms with Crippen LogP contribution in [0.2, 0.25) is 5.02 Å². The molecule has 1 fully saturated rings. The van der Waals surface area contributed by atoms with Gasteiger partial charge in [-0.05, 0) is 29.8 Å². The number of nitrogens with one attached hydrogen (secondary N) is 1. The van der Waals surface area contributed by atoms with E-state index in [1.54, 1.807) is 0 Å². The van der Waals surface area contributed by atoms with Gasteiger partial charge in [0, 0.05) is 30.9 Å². The molecule has 1 saturated heterocycles. The van der Waals surface area contributed by atoms with Crippen LogP contribution in [0, 0.1) is 0 Å². The quantitative estimate of drug-likeness (QED) is 0.570. The molecule has 0 aliphatic carbocycles. The van der Waals surface area contributed by atoms with Gasteiger partial charge in [-0.1, -0.05) is 60.1 Å². The molecule has 150 valence electrons. The summed E-state index contributed by atoms with van der Waals surface area (Å²) in [6.07, 6.45) is 0. The van der Waals surface area contributed by atoms with Crippen LogP contribution in [0.5, 0.6) is 5.75 Å². The topological polar surface area (TPSA) is 33.7 Å². The van der Waals surface area contributed by atoms with Crippen molar-refractivity contribution < 1.29 is 9.47 Å². The summed E-state index contributed by atoms with van der Waals surface area (Å²) in [5.74, 6) is 0.889. The number of ether oxygens (including phenoxy) is 2. The third-order valence-electron chi connectivity index (χ3n) is 4.99. The maximum absolute atomic E-state index is 6.55. The van der Waals surface area contributed by atoms with Gasteiger partial charge >= 0.3 is 0 Å². The summed E-state index contributed by atoms with van der Waals surface area (Å²) in [7, 11) is 0. The second-order valence-corrected chi connectivity index (χ2v) is 7.41. The number of benzene rings is 3. The summed E-state index contributed by atoms with van der Waals surface area (Å²) in [5.41, 5.74) is 4.31. The van der Waals surface area contributed by atoms with Crippen LogP contribution < -0.4 is 15.0 Å². The number of hydrogen-bond donors (Lipinski definition) is 1. The Bertz CT molecular complexity index is 927. The molecule has 3 aromatic carbocycles. The van der Waals surface area contributed by atoms with E-state index in [1.807, 2.05) is 42.5 Å². The van der Waals surface area contributed by atoms with Crippen LogP contribution in [0.4, 0.5) is 11.4 Å². The van der Waals surface area contributed by atoms with Gasteiger partial charge in [-0.25, -0.2) is 0 Å². The van der Waals surface area contributed by atoms with Gasteiger partial charge in [0.2, 0.25) is 0 Å². The average Bonchev–Trinajstić information content (AvgIpc) is 2.78. The molecule has 1 N–H and O–H groups in total. The van der Waals surface area contributed by atoms with Gasteiger partial charge in [0.05, 0.1) is 23.9 Å². The zero-order chi connectivity index (χ0) is 19.9. The third kappa shape index (κ3) is 5.22. The summed E-state index contributed by atoms with van der Waals surface area (Å²) in [4.78, 5) is 2.27. The smallest absolute Gasteiger partial charge is 0.124 e. The first-order valence-electron chi connectivity index (χ1n) is 9.90. The first-order chi connectivity index (χ1) is 14.3. The molecule has 0 atom stereocenters. The minimum Gasteiger partial charge on any atom is -0.489 e. The highest BCUT2D eigenvalue weighted by atomic mass is 35.5. The normalized spacial score (nSPS) is 13.9. The van der Waals surface area contributed by atoms with Gasteiger partial charge in [-0.3, -0.25) is 0 Å². The molecule has 0 radical (unpaired) electrons. The van der Waals surface area contributed by atoms with Crippen molar-refractivity contribution in [1.29, 1.82) is 0 Å². The molecule has 0 spiro atoms.